The molecule has 0 saturated carbocycles. The van der Waals surface area contributed by atoms with Gasteiger partial charge >= 0.3 is 6.09 Å². The molecule has 3 aromatic rings. The van der Waals surface area contributed by atoms with Crippen molar-refractivity contribution in [2.24, 2.45) is 7.05 Å². The average Bonchev–Trinajstić information content (AvgIpc) is 2.86. The molecule has 2 N–H and O–H groups in total. The summed E-state index contributed by atoms with van der Waals surface area (Å²) >= 11 is 6.89. The maximum Gasteiger partial charge on any atom is 0.407 e. The smallest absolute Gasteiger partial charge is 0.407 e. The van der Waals surface area contributed by atoms with Crippen LogP contribution in [0.15, 0.2) is 65.6 Å². The third kappa shape index (κ3) is 5.95. The number of carbonyl (C=O) groups excluding carboxylic acids is 1. The summed E-state index contributed by atoms with van der Waals surface area (Å²) < 4.78 is 6.54. The van der Waals surface area contributed by atoms with E-state index in [0.717, 1.165) is 52.4 Å². The van der Waals surface area contributed by atoms with Gasteiger partial charge in [0.2, 0.25) is 0 Å². The van der Waals surface area contributed by atoms with Crippen LogP contribution >= 0.6 is 11.6 Å². The molecular weight excluding hydrogens is 462 g/mol. The van der Waals surface area contributed by atoms with E-state index in [0.29, 0.717) is 19.6 Å². The van der Waals surface area contributed by atoms with Crippen LogP contribution in [0.5, 0.6) is 0 Å². The van der Waals surface area contributed by atoms with Crippen molar-refractivity contribution in [3.05, 3.63) is 92.9 Å². The summed E-state index contributed by atoms with van der Waals surface area (Å²) in [4.78, 5) is 23.9. The second-order valence-electron chi connectivity index (χ2n) is 8.91. The zero-order valence-electron chi connectivity index (χ0n) is 20.2. The van der Waals surface area contributed by atoms with Crippen molar-refractivity contribution in [2.45, 2.75) is 31.6 Å². The highest BCUT2D eigenvalue weighted by molar-refractivity contribution is 6.31. The van der Waals surface area contributed by atoms with Crippen molar-refractivity contribution < 1.29 is 9.53 Å². The quantitative estimate of drug-likeness (QED) is 0.493. The highest BCUT2D eigenvalue weighted by atomic mass is 35.5. The van der Waals surface area contributed by atoms with Gasteiger partial charge in [0, 0.05) is 43.3 Å². The molecule has 0 unspecified atom stereocenters. The number of nitrogens with zero attached hydrogens (tertiary/aromatic N) is 1. The summed E-state index contributed by atoms with van der Waals surface area (Å²) in [5.41, 5.74) is 5.44. The molecule has 0 bridgehead atoms. The SMILES string of the molecule is CCOC(=O)NCCc1ccccc1-c1ccc([C@H]2CNCC[C@@H]2c2ccn(C)c(=O)c2)c(Cl)c1. The number of piperidine rings is 1. The number of carbonyl (C=O) groups is 1. The highest BCUT2D eigenvalue weighted by Crippen LogP contribution is 2.41. The van der Waals surface area contributed by atoms with Crippen LogP contribution in [0, 0.1) is 0 Å². The van der Waals surface area contributed by atoms with Crippen molar-refractivity contribution in [3.63, 3.8) is 0 Å². The Labute approximate surface area is 211 Å². The van der Waals surface area contributed by atoms with E-state index < -0.39 is 6.09 Å². The predicted octanol–water partition coefficient (Wildman–Crippen LogP) is 4.86. The van der Waals surface area contributed by atoms with E-state index in [4.69, 9.17) is 16.3 Å². The minimum Gasteiger partial charge on any atom is -0.450 e. The van der Waals surface area contributed by atoms with Crippen LogP contribution in [-0.4, -0.2) is 36.9 Å². The molecule has 7 heteroatoms. The Morgan fingerprint density at radius 1 is 1.17 bits per heavy atom. The van der Waals surface area contributed by atoms with Gasteiger partial charge in [-0.05, 0) is 72.2 Å². The first-order valence-corrected chi connectivity index (χ1v) is 12.5. The van der Waals surface area contributed by atoms with Gasteiger partial charge in [0.05, 0.1) is 6.61 Å². The van der Waals surface area contributed by atoms with Crippen molar-refractivity contribution in [3.8, 4) is 11.1 Å². The molecule has 1 aromatic heterocycles. The second kappa shape index (κ2) is 11.6. The zero-order chi connectivity index (χ0) is 24.8. The minimum absolute atomic E-state index is 0.00952. The van der Waals surface area contributed by atoms with E-state index in [2.05, 4.69) is 34.9 Å². The molecule has 6 nitrogen and oxygen atoms in total. The van der Waals surface area contributed by atoms with E-state index in [1.54, 1.807) is 24.6 Å². The number of hydrogen-bond acceptors (Lipinski definition) is 4. The highest BCUT2D eigenvalue weighted by Gasteiger charge is 2.29. The Hall–Kier alpha value is -3.09. The average molecular weight is 494 g/mol. The van der Waals surface area contributed by atoms with Gasteiger partial charge in [-0.25, -0.2) is 4.79 Å². The van der Waals surface area contributed by atoms with Crippen LogP contribution in [-0.2, 0) is 18.2 Å². The van der Waals surface area contributed by atoms with E-state index in [9.17, 15) is 9.59 Å². The zero-order valence-corrected chi connectivity index (χ0v) is 21.0. The normalized spacial score (nSPS) is 17.7. The van der Waals surface area contributed by atoms with Crippen LogP contribution in [0.3, 0.4) is 0 Å². The van der Waals surface area contributed by atoms with Crippen LogP contribution < -0.4 is 16.2 Å². The van der Waals surface area contributed by atoms with E-state index in [1.807, 2.05) is 30.5 Å². The van der Waals surface area contributed by atoms with E-state index in [-0.39, 0.29) is 17.4 Å². The minimum atomic E-state index is -0.399. The number of aromatic nitrogens is 1. The van der Waals surface area contributed by atoms with Gasteiger partial charge in [-0.1, -0.05) is 48.0 Å². The third-order valence-electron chi connectivity index (χ3n) is 6.71. The topological polar surface area (TPSA) is 72.4 Å². The molecule has 0 aliphatic carbocycles. The molecule has 2 atom stereocenters. The van der Waals surface area contributed by atoms with Crippen LogP contribution in [0.1, 0.15) is 41.9 Å². The number of alkyl carbamates (subject to hydrolysis) is 1. The molecule has 0 radical (unpaired) electrons. The van der Waals surface area contributed by atoms with Gasteiger partial charge < -0.3 is 19.9 Å². The molecule has 2 aromatic carbocycles. The molecule has 0 spiro atoms. The lowest BCUT2D eigenvalue weighted by Gasteiger charge is -2.33. The molecular formula is C28H32ClN3O3. The largest absolute Gasteiger partial charge is 0.450 e. The van der Waals surface area contributed by atoms with Gasteiger partial charge in [-0.3, -0.25) is 4.79 Å². The van der Waals surface area contributed by atoms with Gasteiger partial charge in [-0.15, -0.1) is 0 Å². The number of aryl methyl sites for hydroxylation is 1. The monoisotopic (exact) mass is 493 g/mol. The summed E-state index contributed by atoms with van der Waals surface area (Å²) in [6, 6.07) is 18.2. The molecule has 1 saturated heterocycles. The Morgan fingerprint density at radius 3 is 2.77 bits per heavy atom. The standard InChI is InChI=1S/C28H32ClN3O3/c1-3-35-28(34)31-14-10-19-6-4-5-7-22(19)20-8-9-24(26(29)16-20)25-18-30-13-11-23(25)21-12-15-32(2)27(33)17-21/h4-9,12,15-17,23,25,30H,3,10-11,13-14,18H2,1-2H3,(H,31,34)/t23-,25+/m1/s1. The van der Waals surface area contributed by atoms with Gasteiger partial charge in [-0.2, -0.15) is 0 Å². The van der Waals surface area contributed by atoms with Crippen molar-refractivity contribution >= 4 is 17.7 Å². The molecule has 1 aliphatic heterocycles. The van der Waals surface area contributed by atoms with Crippen molar-refractivity contribution in [1.29, 1.82) is 0 Å². The lowest BCUT2D eigenvalue weighted by molar-refractivity contribution is 0.152. The lowest BCUT2D eigenvalue weighted by Crippen LogP contribution is -2.34. The molecule has 35 heavy (non-hydrogen) atoms. The number of pyridine rings is 1. The Balaban J connectivity index is 1.57. The Kier molecular flexibility index (Phi) is 8.26. The number of benzene rings is 2. The van der Waals surface area contributed by atoms with Crippen molar-refractivity contribution in [2.75, 3.05) is 26.2 Å². The lowest BCUT2D eigenvalue weighted by atomic mass is 9.77. The van der Waals surface area contributed by atoms with Gasteiger partial charge in [0.1, 0.15) is 0 Å². The van der Waals surface area contributed by atoms with Gasteiger partial charge in [0.25, 0.3) is 5.56 Å². The number of amides is 1. The maximum atomic E-state index is 12.3. The van der Waals surface area contributed by atoms with Gasteiger partial charge in [0.15, 0.2) is 0 Å². The van der Waals surface area contributed by atoms with Crippen LogP contribution in [0.4, 0.5) is 4.79 Å². The Bertz CT molecular complexity index is 1240. The molecule has 1 amide bonds. The summed E-state index contributed by atoms with van der Waals surface area (Å²) in [7, 11) is 1.77. The van der Waals surface area contributed by atoms with E-state index in [1.165, 1.54) is 0 Å². The molecule has 184 valence electrons. The summed E-state index contributed by atoms with van der Waals surface area (Å²) in [5.74, 6) is 0.413. The summed E-state index contributed by atoms with van der Waals surface area (Å²) in [6.45, 7) is 4.36. The molecule has 1 aliphatic rings. The fraction of sp³-hybridized carbons (Fsp3) is 0.357. The van der Waals surface area contributed by atoms with E-state index >= 15 is 0 Å². The van der Waals surface area contributed by atoms with Crippen molar-refractivity contribution in [1.82, 2.24) is 15.2 Å². The number of ether oxygens (including phenoxy) is 1. The predicted molar refractivity (Wildman–Crippen MR) is 140 cm³/mol. The molecule has 4 rings (SSSR count). The number of halogens is 1. The number of hydrogen-bond donors (Lipinski definition) is 2. The fourth-order valence-corrected chi connectivity index (χ4v) is 5.20. The summed E-state index contributed by atoms with van der Waals surface area (Å²) in [6.07, 6.45) is 3.08. The Morgan fingerprint density at radius 2 is 2.00 bits per heavy atom. The van der Waals surface area contributed by atoms with Crippen LogP contribution in [0.2, 0.25) is 5.02 Å². The maximum absolute atomic E-state index is 12.3. The first kappa shape index (κ1) is 25.0. The fourth-order valence-electron chi connectivity index (χ4n) is 4.88. The molecule has 1 fully saturated rings. The number of rotatable bonds is 7. The number of nitrogens with one attached hydrogen (secondary N) is 2. The first-order valence-electron chi connectivity index (χ1n) is 12.1. The third-order valence-corrected chi connectivity index (χ3v) is 7.03. The first-order chi connectivity index (χ1) is 17.0. The summed E-state index contributed by atoms with van der Waals surface area (Å²) in [5, 5.41) is 7.01. The molecule has 2 heterocycles. The second-order valence-corrected chi connectivity index (χ2v) is 9.31. The van der Waals surface area contributed by atoms with Crippen LogP contribution in [0.25, 0.3) is 11.1 Å².